The Labute approximate surface area is 201 Å². The summed E-state index contributed by atoms with van der Waals surface area (Å²) >= 11 is 1.13. The molecule has 0 spiro atoms. The van der Waals surface area contributed by atoms with Crippen LogP contribution in [0.2, 0.25) is 0 Å². The smallest absolute Gasteiger partial charge is 0.223 e. The Balaban J connectivity index is 1.62. The first-order valence-corrected chi connectivity index (χ1v) is 12.1. The van der Waals surface area contributed by atoms with Crippen LogP contribution in [0, 0.1) is 23.4 Å². The molecule has 0 aromatic heterocycles. The van der Waals surface area contributed by atoms with Crippen molar-refractivity contribution in [3.05, 3.63) is 71.0 Å². The van der Waals surface area contributed by atoms with E-state index in [1.807, 2.05) is 44.2 Å². The summed E-state index contributed by atoms with van der Waals surface area (Å²) in [7, 11) is 0. The van der Waals surface area contributed by atoms with E-state index in [1.54, 1.807) is 0 Å². The lowest BCUT2D eigenvalue weighted by atomic mass is 10.0. The molecule has 2 atom stereocenters. The lowest BCUT2D eigenvalue weighted by molar-refractivity contribution is -0.131. The van der Waals surface area contributed by atoms with E-state index in [2.05, 4.69) is 5.32 Å². The molecule has 1 aliphatic heterocycles. The number of hydrogen-bond acceptors (Lipinski definition) is 4. The van der Waals surface area contributed by atoms with Gasteiger partial charge in [-0.2, -0.15) is 0 Å². The minimum Gasteiger partial charge on any atom is -0.345 e. The summed E-state index contributed by atoms with van der Waals surface area (Å²) in [6.07, 6.45) is 0.413. The highest BCUT2D eigenvalue weighted by molar-refractivity contribution is 8.13. The van der Waals surface area contributed by atoms with E-state index in [4.69, 9.17) is 0 Å². The number of nitrogens with zero attached hydrogens (tertiary/aromatic N) is 1. The fraction of sp³-hybridized carbons (Fsp3) is 0.400. The molecular weight excluding hydrogens is 465 g/mol. The molecule has 0 bridgehead atoms. The van der Waals surface area contributed by atoms with Crippen LogP contribution in [-0.2, 0) is 26.7 Å². The Kier molecular flexibility index (Phi) is 8.77. The van der Waals surface area contributed by atoms with Gasteiger partial charge in [0, 0.05) is 42.8 Å². The maximum absolute atomic E-state index is 14.1. The van der Waals surface area contributed by atoms with E-state index in [1.165, 1.54) is 4.90 Å². The second-order valence-corrected chi connectivity index (χ2v) is 9.64. The number of rotatable bonds is 9. The van der Waals surface area contributed by atoms with Gasteiger partial charge in [-0.05, 0) is 24.0 Å². The lowest BCUT2D eigenvalue weighted by Crippen LogP contribution is -2.45. The molecular formula is C25H27F3N2O3S. The molecule has 34 heavy (non-hydrogen) atoms. The highest BCUT2D eigenvalue weighted by atomic mass is 32.2. The average Bonchev–Trinajstić information content (AvgIpc) is 3.13. The van der Waals surface area contributed by atoms with E-state index >= 15 is 0 Å². The third-order valence-electron chi connectivity index (χ3n) is 5.74. The van der Waals surface area contributed by atoms with E-state index in [-0.39, 0.29) is 41.9 Å². The zero-order chi connectivity index (χ0) is 24.8. The van der Waals surface area contributed by atoms with Crippen molar-refractivity contribution in [3.8, 4) is 0 Å². The van der Waals surface area contributed by atoms with Gasteiger partial charge in [0.1, 0.15) is 11.9 Å². The van der Waals surface area contributed by atoms with Crippen LogP contribution in [-0.4, -0.2) is 33.9 Å². The highest BCUT2D eigenvalue weighted by Crippen LogP contribution is 2.26. The molecule has 2 aromatic carbocycles. The van der Waals surface area contributed by atoms with Gasteiger partial charge < -0.3 is 10.2 Å². The summed E-state index contributed by atoms with van der Waals surface area (Å²) in [5.74, 6) is -3.89. The van der Waals surface area contributed by atoms with Gasteiger partial charge in [-0.25, -0.2) is 13.2 Å². The number of nitrogens with one attached hydrogen (secondary N) is 1. The van der Waals surface area contributed by atoms with Crippen molar-refractivity contribution in [3.63, 3.8) is 0 Å². The normalized spacial score (nSPS) is 16.7. The van der Waals surface area contributed by atoms with Gasteiger partial charge in [-0.1, -0.05) is 55.9 Å². The Morgan fingerprint density at radius 1 is 1.15 bits per heavy atom. The van der Waals surface area contributed by atoms with Crippen LogP contribution in [0.4, 0.5) is 13.2 Å². The van der Waals surface area contributed by atoms with Gasteiger partial charge in [-0.3, -0.25) is 14.4 Å². The van der Waals surface area contributed by atoms with Gasteiger partial charge in [0.2, 0.25) is 16.9 Å². The monoisotopic (exact) mass is 492 g/mol. The molecule has 5 nitrogen and oxygen atoms in total. The van der Waals surface area contributed by atoms with E-state index in [0.717, 1.165) is 23.4 Å². The van der Waals surface area contributed by atoms with Crippen molar-refractivity contribution in [2.45, 2.75) is 57.5 Å². The summed E-state index contributed by atoms with van der Waals surface area (Å²) in [6.45, 7) is 3.33. The number of halogens is 3. The molecule has 0 radical (unpaired) electrons. The molecule has 3 rings (SSSR count). The number of hydrogen-bond donors (Lipinski definition) is 1. The van der Waals surface area contributed by atoms with Crippen LogP contribution in [0.15, 0.2) is 42.5 Å². The summed E-state index contributed by atoms with van der Waals surface area (Å²) in [5.41, 5.74) is 0.710. The fourth-order valence-corrected chi connectivity index (χ4v) is 4.91. The predicted molar refractivity (Wildman–Crippen MR) is 124 cm³/mol. The van der Waals surface area contributed by atoms with Crippen molar-refractivity contribution in [1.82, 2.24) is 10.2 Å². The van der Waals surface area contributed by atoms with E-state index < -0.39 is 35.4 Å². The van der Waals surface area contributed by atoms with Crippen molar-refractivity contribution in [2.75, 3.05) is 0 Å². The van der Waals surface area contributed by atoms with Crippen LogP contribution in [0.1, 0.15) is 44.2 Å². The third kappa shape index (κ3) is 6.62. The molecule has 182 valence electrons. The number of thioether (sulfide) groups is 1. The SMILES string of the molecule is CC(C)[C@H](NC(=O)C[C@@H]1CCC(=O)N1Cc1cc(F)cc(F)c1F)C(=O)SCc1ccccc1. The molecule has 1 aliphatic rings. The van der Waals surface area contributed by atoms with E-state index in [9.17, 15) is 27.6 Å². The zero-order valence-electron chi connectivity index (χ0n) is 19.0. The quantitative estimate of drug-likeness (QED) is 0.520. The van der Waals surface area contributed by atoms with Crippen molar-refractivity contribution in [2.24, 2.45) is 5.92 Å². The summed E-state index contributed by atoms with van der Waals surface area (Å²) in [4.78, 5) is 39.1. The molecule has 1 saturated heterocycles. The van der Waals surface area contributed by atoms with Crippen molar-refractivity contribution in [1.29, 1.82) is 0 Å². The molecule has 0 saturated carbocycles. The topological polar surface area (TPSA) is 66.5 Å². The maximum atomic E-state index is 14.1. The maximum Gasteiger partial charge on any atom is 0.223 e. The van der Waals surface area contributed by atoms with Crippen molar-refractivity contribution < 1.29 is 27.6 Å². The number of benzene rings is 2. The molecule has 2 aromatic rings. The molecule has 9 heteroatoms. The third-order valence-corrected chi connectivity index (χ3v) is 6.76. The Bertz CT molecular complexity index is 1050. The molecule has 0 aliphatic carbocycles. The largest absolute Gasteiger partial charge is 0.345 e. The second kappa shape index (κ2) is 11.6. The first-order valence-electron chi connectivity index (χ1n) is 11.1. The predicted octanol–water partition coefficient (Wildman–Crippen LogP) is 4.59. The van der Waals surface area contributed by atoms with Gasteiger partial charge in [0.25, 0.3) is 0 Å². The Hall–Kier alpha value is -2.81. The number of likely N-dealkylation sites (tertiary alicyclic amines) is 1. The minimum absolute atomic E-state index is 0.0923. The Morgan fingerprint density at radius 3 is 2.53 bits per heavy atom. The molecule has 1 fully saturated rings. The highest BCUT2D eigenvalue weighted by Gasteiger charge is 2.34. The molecule has 1 heterocycles. The Morgan fingerprint density at radius 2 is 1.85 bits per heavy atom. The van der Waals surface area contributed by atoms with Crippen LogP contribution in [0.5, 0.6) is 0 Å². The van der Waals surface area contributed by atoms with Crippen LogP contribution < -0.4 is 5.32 Å². The molecule has 1 N–H and O–H groups in total. The van der Waals surface area contributed by atoms with Gasteiger partial charge in [0.05, 0.1) is 0 Å². The average molecular weight is 493 g/mol. The number of carbonyl (C=O) groups excluding carboxylic acids is 3. The number of amides is 2. The lowest BCUT2D eigenvalue weighted by Gasteiger charge is -2.26. The summed E-state index contributed by atoms with van der Waals surface area (Å²) < 4.78 is 41.2. The summed E-state index contributed by atoms with van der Waals surface area (Å²) in [6, 6.07) is 9.53. The second-order valence-electron chi connectivity index (χ2n) is 8.66. The first-order chi connectivity index (χ1) is 16.2. The standard InChI is InChI=1S/C25H27F3N2O3S/c1-15(2)24(25(33)34-14-16-6-4-3-5-7-16)29-21(31)12-19-8-9-22(32)30(19)13-17-10-18(26)11-20(27)23(17)28/h3-7,10-11,15,19,24H,8-9,12-14H2,1-2H3,(H,29,31)/t19-,24-/m0/s1. The molecule has 2 amide bonds. The number of carbonyl (C=O) groups is 3. The van der Waals surface area contributed by atoms with E-state index in [0.29, 0.717) is 18.2 Å². The fourth-order valence-electron chi connectivity index (χ4n) is 3.89. The first kappa shape index (κ1) is 25.8. The zero-order valence-corrected chi connectivity index (χ0v) is 19.8. The minimum atomic E-state index is -1.33. The van der Waals surface area contributed by atoms with Crippen molar-refractivity contribution >= 4 is 28.7 Å². The van der Waals surface area contributed by atoms with Crippen LogP contribution in [0.3, 0.4) is 0 Å². The van der Waals surface area contributed by atoms with Gasteiger partial charge in [-0.15, -0.1) is 0 Å². The van der Waals surface area contributed by atoms with Gasteiger partial charge >= 0.3 is 0 Å². The van der Waals surface area contributed by atoms with Crippen LogP contribution >= 0.6 is 11.8 Å². The van der Waals surface area contributed by atoms with Crippen LogP contribution in [0.25, 0.3) is 0 Å². The van der Waals surface area contributed by atoms with Gasteiger partial charge in [0.15, 0.2) is 11.6 Å². The molecule has 0 unspecified atom stereocenters. The summed E-state index contributed by atoms with van der Waals surface area (Å²) in [5, 5.41) is 2.60.